The van der Waals surface area contributed by atoms with Crippen LogP contribution in [0, 0.1) is 23.7 Å². The van der Waals surface area contributed by atoms with Crippen molar-refractivity contribution in [1.82, 2.24) is 9.97 Å². The molecule has 2 nitrogen and oxygen atoms in total. The van der Waals surface area contributed by atoms with E-state index in [0.29, 0.717) is 0 Å². The number of rotatable bonds is 5. The standard InChI is InChI=1S/C58H44N2/c1-3-12-38(13-4-1)48-18-9-10-19-50(48)55-35-54(59-57(60-55)39-14-5-2-6-15-39)45-25-23-42-31-44(24-22-43(42)32-45)49-20-11-21-52-56(49)51-33-40-16-7-8-17-41(40)34-53(51)58(52)46-27-36-26-37(29-46)30-47(58)28-36/h1-25,31-37,46-47H,26-30H2. The summed E-state index contributed by atoms with van der Waals surface area (Å²) in [6.07, 6.45) is 7.03. The van der Waals surface area contributed by atoms with Crippen molar-refractivity contribution < 1.29 is 0 Å². The Hall–Kier alpha value is -6.64. The summed E-state index contributed by atoms with van der Waals surface area (Å²) in [5.74, 6) is 4.03. The first-order valence-corrected chi connectivity index (χ1v) is 22.0. The third-order valence-electron chi connectivity index (χ3n) is 15.0. The summed E-state index contributed by atoms with van der Waals surface area (Å²) in [7, 11) is 0. The Morgan fingerprint density at radius 1 is 0.350 bits per heavy atom. The molecule has 5 aliphatic carbocycles. The fraction of sp³-hybridized carbons (Fsp3) is 0.172. The van der Waals surface area contributed by atoms with Crippen molar-refractivity contribution in [1.29, 1.82) is 0 Å². The molecule has 5 aliphatic rings. The average molecular weight is 769 g/mol. The summed E-state index contributed by atoms with van der Waals surface area (Å²) < 4.78 is 0. The second-order valence-corrected chi connectivity index (χ2v) is 18.2. The molecule has 0 radical (unpaired) electrons. The van der Waals surface area contributed by atoms with Gasteiger partial charge in [-0.05, 0) is 152 Å². The van der Waals surface area contributed by atoms with Crippen LogP contribution in [0.5, 0.6) is 0 Å². The summed E-state index contributed by atoms with van der Waals surface area (Å²) in [4.78, 5) is 10.4. The van der Waals surface area contributed by atoms with Gasteiger partial charge in [0.2, 0.25) is 0 Å². The Bertz CT molecular complexity index is 3130. The minimum atomic E-state index is 0.125. The lowest BCUT2D eigenvalue weighted by atomic mass is 9.43. The van der Waals surface area contributed by atoms with E-state index in [2.05, 4.69) is 176 Å². The first kappa shape index (κ1) is 34.2. The number of hydrogen-bond donors (Lipinski definition) is 0. The highest BCUT2D eigenvalue weighted by atomic mass is 14.9. The third-order valence-corrected chi connectivity index (χ3v) is 15.0. The molecule has 286 valence electrons. The maximum absolute atomic E-state index is 5.22. The highest BCUT2D eigenvalue weighted by Crippen LogP contribution is 2.70. The monoisotopic (exact) mass is 768 g/mol. The predicted molar refractivity (Wildman–Crippen MR) is 247 cm³/mol. The molecule has 0 aliphatic heterocycles. The van der Waals surface area contributed by atoms with Crippen LogP contribution in [-0.2, 0) is 5.41 Å². The van der Waals surface area contributed by atoms with Crippen LogP contribution in [0.25, 0.3) is 88.8 Å². The summed E-state index contributed by atoms with van der Waals surface area (Å²) in [5.41, 5.74) is 16.3. The first-order chi connectivity index (χ1) is 29.7. The second-order valence-electron chi connectivity index (χ2n) is 18.2. The van der Waals surface area contributed by atoms with E-state index in [-0.39, 0.29) is 5.41 Å². The lowest BCUT2D eigenvalue weighted by Crippen LogP contribution is -2.55. The molecule has 8 aromatic carbocycles. The largest absolute Gasteiger partial charge is 0.228 e. The molecule has 0 saturated heterocycles. The molecule has 0 unspecified atom stereocenters. The molecule has 4 saturated carbocycles. The van der Waals surface area contributed by atoms with Gasteiger partial charge in [0.05, 0.1) is 11.4 Å². The zero-order chi connectivity index (χ0) is 39.4. The Labute approximate surface area is 351 Å². The van der Waals surface area contributed by atoms with E-state index in [1.165, 1.54) is 81.5 Å². The Morgan fingerprint density at radius 2 is 0.917 bits per heavy atom. The Kier molecular flexibility index (Phi) is 7.52. The van der Waals surface area contributed by atoms with Crippen LogP contribution >= 0.6 is 0 Å². The molecule has 1 heterocycles. The van der Waals surface area contributed by atoms with Gasteiger partial charge in [-0.3, -0.25) is 0 Å². The maximum atomic E-state index is 5.22. The number of hydrogen-bond acceptors (Lipinski definition) is 2. The van der Waals surface area contributed by atoms with Gasteiger partial charge in [-0.1, -0.05) is 152 Å². The van der Waals surface area contributed by atoms with Crippen LogP contribution in [0.2, 0.25) is 0 Å². The lowest BCUT2D eigenvalue weighted by Gasteiger charge is -2.61. The topological polar surface area (TPSA) is 25.8 Å². The summed E-state index contributed by atoms with van der Waals surface area (Å²) >= 11 is 0. The van der Waals surface area contributed by atoms with E-state index >= 15 is 0 Å². The Morgan fingerprint density at radius 3 is 1.65 bits per heavy atom. The van der Waals surface area contributed by atoms with E-state index < -0.39 is 0 Å². The van der Waals surface area contributed by atoms with Crippen LogP contribution in [0.15, 0.2) is 182 Å². The SMILES string of the molecule is c1ccc(-c2nc(-c3ccc4cc(-c5cccc6c5-c5cc7ccccc7cc5C65C6CC7CC(C6)CC5C7)ccc4c3)cc(-c3ccccc3-c3ccccc3)n2)cc1. The van der Waals surface area contributed by atoms with Crippen molar-refractivity contribution in [2.75, 3.05) is 0 Å². The molecular formula is C58H44N2. The molecule has 60 heavy (non-hydrogen) atoms. The van der Waals surface area contributed by atoms with Crippen LogP contribution in [0.3, 0.4) is 0 Å². The zero-order valence-corrected chi connectivity index (χ0v) is 33.6. The van der Waals surface area contributed by atoms with Gasteiger partial charge in [0.15, 0.2) is 5.82 Å². The third kappa shape index (κ3) is 5.13. The average Bonchev–Trinajstić information content (AvgIpc) is 3.59. The van der Waals surface area contributed by atoms with Crippen LogP contribution < -0.4 is 0 Å². The molecule has 14 rings (SSSR count). The Balaban J connectivity index is 0.940. The highest BCUT2D eigenvalue weighted by Gasteiger charge is 2.61. The van der Waals surface area contributed by atoms with Crippen LogP contribution in [0.4, 0.5) is 0 Å². The molecule has 9 aromatic rings. The minimum Gasteiger partial charge on any atom is -0.228 e. The second kappa shape index (κ2) is 13.2. The number of aromatic nitrogens is 2. The molecule has 1 spiro atoms. The zero-order valence-electron chi connectivity index (χ0n) is 33.6. The molecule has 4 fully saturated rings. The molecule has 0 amide bonds. The van der Waals surface area contributed by atoms with Gasteiger partial charge >= 0.3 is 0 Å². The molecule has 4 bridgehead atoms. The fourth-order valence-electron chi connectivity index (χ4n) is 12.8. The lowest BCUT2D eigenvalue weighted by molar-refractivity contribution is -0.0398. The predicted octanol–water partition coefficient (Wildman–Crippen LogP) is 14.8. The summed E-state index contributed by atoms with van der Waals surface area (Å²) in [5, 5.41) is 5.17. The molecule has 0 atom stereocenters. The molecule has 1 aromatic heterocycles. The normalized spacial score (nSPS) is 22.1. The van der Waals surface area contributed by atoms with Gasteiger partial charge < -0.3 is 0 Å². The molecule has 0 N–H and O–H groups in total. The van der Waals surface area contributed by atoms with Gasteiger partial charge in [0.1, 0.15) is 0 Å². The van der Waals surface area contributed by atoms with E-state index in [9.17, 15) is 0 Å². The number of benzene rings is 8. The van der Waals surface area contributed by atoms with Crippen molar-refractivity contribution in [2.24, 2.45) is 23.7 Å². The first-order valence-electron chi connectivity index (χ1n) is 22.0. The minimum absolute atomic E-state index is 0.125. The van der Waals surface area contributed by atoms with Crippen molar-refractivity contribution >= 4 is 21.5 Å². The van der Waals surface area contributed by atoms with E-state index in [0.717, 1.165) is 63.1 Å². The smallest absolute Gasteiger partial charge is 0.160 e. The van der Waals surface area contributed by atoms with E-state index in [1.54, 1.807) is 11.1 Å². The number of nitrogens with zero attached hydrogens (tertiary/aromatic N) is 2. The van der Waals surface area contributed by atoms with Gasteiger partial charge in [0.25, 0.3) is 0 Å². The number of fused-ring (bicyclic) bond motifs is 5. The van der Waals surface area contributed by atoms with Gasteiger partial charge in [-0.25, -0.2) is 9.97 Å². The van der Waals surface area contributed by atoms with Crippen molar-refractivity contribution in [2.45, 2.75) is 37.5 Å². The summed E-state index contributed by atoms with van der Waals surface area (Å²) in [6.45, 7) is 0. The van der Waals surface area contributed by atoms with Crippen LogP contribution in [0.1, 0.15) is 43.2 Å². The van der Waals surface area contributed by atoms with Gasteiger partial charge in [-0.15, -0.1) is 0 Å². The summed E-state index contributed by atoms with van der Waals surface area (Å²) in [6, 6.07) is 67.1. The highest BCUT2D eigenvalue weighted by molar-refractivity contribution is 6.01. The van der Waals surface area contributed by atoms with E-state index in [1.807, 2.05) is 6.07 Å². The van der Waals surface area contributed by atoms with Crippen molar-refractivity contribution in [3.8, 4) is 67.3 Å². The molecular weight excluding hydrogens is 725 g/mol. The van der Waals surface area contributed by atoms with Gasteiger partial charge in [-0.2, -0.15) is 0 Å². The van der Waals surface area contributed by atoms with Gasteiger partial charge in [0, 0.05) is 22.1 Å². The van der Waals surface area contributed by atoms with E-state index in [4.69, 9.17) is 9.97 Å². The quantitative estimate of drug-likeness (QED) is 0.174. The van der Waals surface area contributed by atoms with Crippen LogP contribution in [-0.4, -0.2) is 9.97 Å². The maximum Gasteiger partial charge on any atom is 0.160 e. The van der Waals surface area contributed by atoms with Crippen molar-refractivity contribution in [3.05, 3.63) is 193 Å². The van der Waals surface area contributed by atoms with Crippen molar-refractivity contribution in [3.63, 3.8) is 0 Å². The fourth-order valence-corrected chi connectivity index (χ4v) is 12.8. The molecule has 2 heteroatoms.